The van der Waals surface area contributed by atoms with Crippen LogP contribution in [0.5, 0.6) is 5.75 Å². The second-order valence-electron chi connectivity index (χ2n) is 5.78. The third-order valence-electron chi connectivity index (χ3n) is 4.18. The fourth-order valence-electron chi connectivity index (χ4n) is 2.88. The molecule has 2 aromatic heterocycles. The predicted octanol–water partition coefficient (Wildman–Crippen LogP) is 2.18. The Labute approximate surface area is 144 Å². The van der Waals surface area contributed by atoms with Gasteiger partial charge >= 0.3 is 0 Å². The number of hydrogen-bond donors (Lipinski definition) is 2. The minimum absolute atomic E-state index is 0.127. The maximum Gasteiger partial charge on any atom is 0.269 e. The third kappa shape index (κ3) is 3.01. The lowest BCUT2D eigenvalue weighted by molar-refractivity contribution is 0.0899. The molecule has 4 rings (SSSR count). The van der Waals surface area contributed by atoms with Crippen LogP contribution in [0.1, 0.15) is 22.4 Å². The number of carbonyl (C=O) groups excluding carboxylic acids is 1. The van der Waals surface area contributed by atoms with Crippen LogP contribution in [0.25, 0.3) is 11.3 Å². The van der Waals surface area contributed by atoms with E-state index in [2.05, 4.69) is 15.7 Å². The molecule has 1 atom stereocenters. The first-order valence-corrected chi connectivity index (χ1v) is 8.02. The maximum absolute atomic E-state index is 12.2. The van der Waals surface area contributed by atoms with Gasteiger partial charge in [0.1, 0.15) is 23.4 Å². The van der Waals surface area contributed by atoms with Gasteiger partial charge in [-0.15, -0.1) is 0 Å². The fourth-order valence-corrected chi connectivity index (χ4v) is 2.88. The molecule has 128 valence electrons. The number of methoxy groups -OCH3 is 1. The summed E-state index contributed by atoms with van der Waals surface area (Å²) in [5.74, 6) is 1.46. The molecule has 3 heterocycles. The highest BCUT2D eigenvalue weighted by atomic mass is 16.5. The molecule has 1 aliphatic heterocycles. The molecule has 0 aliphatic carbocycles. The van der Waals surface area contributed by atoms with Gasteiger partial charge in [0.25, 0.3) is 5.91 Å². The summed E-state index contributed by atoms with van der Waals surface area (Å²) in [6.45, 7) is 1.02. The third-order valence-corrected chi connectivity index (χ3v) is 4.18. The lowest BCUT2D eigenvalue weighted by Crippen LogP contribution is -2.45. The second-order valence-corrected chi connectivity index (χ2v) is 5.78. The molecule has 0 spiro atoms. The van der Waals surface area contributed by atoms with Crippen molar-refractivity contribution in [2.45, 2.75) is 12.7 Å². The molecule has 7 heteroatoms. The summed E-state index contributed by atoms with van der Waals surface area (Å²) in [6, 6.07) is 13.2. The summed E-state index contributed by atoms with van der Waals surface area (Å²) >= 11 is 0. The molecule has 1 amide bonds. The Morgan fingerprint density at radius 1 is 1.36 bits per heavy atom. The maximum atomic E-state index is 12.2. The van der Waals surface area contributed by atoms with Crippen LogP contribution in [0, 0.1) is 0 Å². The molecular formula is C18H18N4O3. The van der Waals surface area contributed by atoms with E-state index in [0.717, 1.165) is 22.8 Å². The van der Waals surface area contributed by atoms with Crippen molar-refractivity contribution >= 4 is 5.91 Å². The number of hydrogen-bond acceptors (Lipinski definition) is 5. The zero-order valence-electron chi connectivity index (χ0n) is 13.7. The number of rotatable bonds is 5. The van der Waals surface area contributed by atoms with Gasteiger partial charge in [0, 0.05) is 5.56 Å². The Morgan fingerprint density at radius 3 is 3.08 bits per heavy atom. The van der Waals surface area contributed by atoms with Crippen LogP contribution in [0.4, 0.5) is 0 Å². The molecule has 0 bridgehead atoms. The van der Waals surface area contributed by atoms with E-state index in [9.17, 15) is 4.79 Å². The highest BCUT2D eigenvalue weighted by molar-refractivity contribution is 5.94. The van der Waals surface area contributed by atoms with E-state index < -0.39 is 0 Å². The molecule has 0 saturated heterocycles. The summed E-state index contributed by atoms with van der Waals surface area (Å²) < 4.78 is 12.3. The van der Waals surface area contributed by atoms with Crippen LogP contribution in [0.3, 0.4) is 0 Å². The van der Waals surface area contributed by atoms with Crippen LogP contribution in [0.15, 0.2) is 53.1 Å². The Morgan fingerprint density at radius 2 is 2.28 bits per heavy atom. The number of nitrogens with zero attached hydrogens (tertiary/aromatic N) is 2. The van der Waals surface area contributed by atoms with Gasteiger partial charge in [-0.2, -0.15) is 5.10 Å². The van der Waals surface area contributed by atoms with E-state index in [0.29, 0.717) is 18.8 Å². The lowest BCUT2D eigenvalue weighted by Gasteiger charge is -2.25. The number of furan rings is 1. The van der Waals surface area contributed by atoms with E-state index >= 15 is 0 Å². The standard InChI is InChI=1S/C18H18N4O3/c1-24-13-5-2-4-12(8-13)15-9-16-18(23)20-11-17(22(16)21-15)19-10-14-6-3-7-25-14/h2-9,17,19H,10-11H2,1H3,(H,20,23). The van der Waals surface area contributed by atoms with Crippen LogP contribution in [-0.2, 0) is 6.54 Å². The number of aromatic nitrogens is 2. The molecule has 7 nitrogen and oxygen atoms in total. The molecule has 0 saturated carbocycles. The summed E-state index contributed by atoms with van der Waals surface area (Å²) in [4.78, 5) is 12.2. The van der Waals surface area contributed by atoms with Crippen molar-refractivity contribution in [3.8, 4) is 17.0 Å². The van der Waals surface area contributed by atoms with Gasteiger partial charge in [0.15, 0.2) is 0 Å². The number of nitrogens with one attached hydrogen (secondary N) is 2. The molecule has 25 heavy (non-hydrogen) atoms. The van der Waals surface area contributed by atoms with Crippen molar-refractivity contribution in [3.05, 3.63) is 60.2 Å². The molecule has 2 N–H and O–H groups in total. The van der Waals surface area contributed by atoms with E-state index in [1.807, 2.05) is 36.4 Å². The van der Waals surface area contributed by atoms with Crippen molar-refractivity contribution in [1.29, 1.82) is 0 Å². The number of fused-ring (bicyclic) bond motifs is 1. The van der Waals surface area contributed by atoms with Gasteiger partial charge in [-0.05, 0) is 30.3 Å². The van der Waals surface area contributed by atoms with Gasteiger partial charge in [-0.25, -0.2) is 4.68 Å². The first-order valence-electron chi connectivity index (χ1n) is 8.02. The first kappa shape index (κ1) is 15.5. The predicted molar refractivity (Wildman–Crippen MR) is 91.1 cm³/mol. The molecule has 1 unspecified atom stereocenters. The minimum Gasteiger partial charge on any atom is -0.497 e. The monoisotopic (exact) mass is 338 g/mol. The molecule has 0 fully saturated rings. The quantitative estimate of drug-likeness (QED) is 0.745. The average molecular weight is 338 g/mol. The molecule has 0 radical (unpaired) electrons. The number of benzene rings is 1. The van der Waals surface area contributed by atoms with Crippen molar-refractivity contribution in [3.63, 3.8) is 0 Å². The summed E-state index contributed by atoms with van der Waals surface area (Å²) in [5, 5.41) is 10.9. The number of amides is 1. The number of carbonyl (C=O) groups is 1. The van der Waals surface area contributed by atoms with Crippen LogP contribution >= 0.6 is 0 Å². The Bertz CT molecular complexity index is 886. The molecule has 1 aliphatic rings. The molecule has 3 aromatic rings. The van der Waals surface area contributed by atoms with E-state index in [1.54, 1.807) is 24.1 Å². The second kappa shape index (κ2) is 6.45. The number of ether oxygens (including phenoxy) is 1. The topological polar surface area (TPSA) is 81.3 Å². The summed E-state index contributed by atoms with van der Waals surface area (Å²) in [6.07, 6.45) is 1.50. The van der Waals surface area contributed by atoms with Gasteiger partial charge < -0.3 is 14.5 Å². The molecular weight excluding hydrogens is 320 g/mol. The Hall–Kier alpha value is -3.06. The minimum atomic E-state index is -0.142. The van der Waals surface area contributed by atoms with Crippen molar-refractivity contribution in [2.24, 2.45) is 0 Å². The van der Waals surface area contributed by atoms with Crippen molar-refractivity contribution in [1.82, 2.24) is 20.4 Å². The van der Waals surface area contributed by atoms with Crippen molar-refractivity contribution < 1.29 is 13.9 Å². The Kier molecular flexibility index (Phi) is 3.99. The molecule has 1 aromatic carbocycles. The van der Waals surface area contributed by atoms with Gasteiger partial charge in [-0.3, -0.25) is 10.1 Å². The highest BCUT2D eigenvalue weighted by Gasteiger charge is 2.27. The van der Waals surface area contributed by atoms with Gasteiger partial charge in [-0.1, -0.05) is 12.1 Å². The van der Waals surface area contributed by atoms with Crippen LogP contribution < -0.4 is 15.4 Å². The van der Waals surface area contributed by atoms with Crippen LogP contribution in [-0.4, -0.2) is 29.3 Å². The zero-order chi connectivity index (χ0) is 17.2. The van der Waals surface area contributed by atoms with E-state index in [-0.39, 0.29) is 12.1 Å². The summed E-state index contributed by atoms with van der Waals surface area (Å²) in [5.41, 5.74) is 2.16. The normalized spacial score (nSPS) is 16.4. The van der Waals surface area contributed by atoms with Gasteiger partial charge in [0.05, 0.1) is 32.2 Å². The summed E-state index contributed by atoms with van der Waals surface area (Å²) in [7, 11) is 1.62. The zero-order valence-corrected chi connectivity index (χ0v) is 13.7. The highest BCUT2D eigenvalue weighted by Crippen LogP contribution is 2.25. The van der Waals surface area contributed by atoms with Gasteiger partial charge in [0.2, 0.25) is 0 Å². The SMILES string of the molecule is COc1cccc(-c2cc3n(n2)C(NCc2ccco2)CNC3=O)c1. The van der Waals surface area contributed by atoms with Crippen LogP contribution in [0.2, 0.25) is 0 Å². The fraction of sp³-hybridized carbons (Fsp3) is 0.222. The van der Waals surface area contributed by atoms with E-state index in [4.69, 9.17) is 9.15 Å². The first-order chi connectivity index (χ1) is 12.2. The largest absolute Gasteiger partial charge is 0.497 e. The smallest absolute Gasteiger partial charge is 0.269 e. The lowest BCUT2D eigenvalue weighted by atomic mass is 10.1. The van der Waals surface area contributed by atoms with E-state index in [1.165, 1.54) is 0 Å². The average Bonchev–Trinajstić information content (AvgIpc) is 3.31. The Balaban J connectivity index is 1.62. The van der Waals surface area contributed by atoms with Crippen molar-refractivity contribution in [2.75, 3.05) is 13.7 Å².